The SMILES string of the molecule is C=CCOC(=O)C(C)=Cc1ncc[nH]1. The molecule has 0 fully saturated rings. The van der Waals surface area contributed by atoms with Crippen molar-refractivity contribution in [3.63, 3.8) is 0 Å². The fourth-order valence-electron chi connectivity index (χ4n) is 0.869. The third-order valence-corrected chi connectivity index (χ3v) is 1.53. The number of carbonyl (C=O) groups excluding carboxylic acids is 1. The van der Waals surface area contributed by atoms with Crippen molar-refractivity contribution in [2.24, 2.45) is 0 Å². The van der Waals surface area contributed by atoms with E-state index >= 15 is 0 Å². The van der Waals surface area contributed by atoms with E-state index in [1.54, 1.807) is 25.4 Å². The fraction of sp³-hybridized carbons (Fsp3) is 0.200. The molecule has 14 heavy (non-hydrogen) atoms. The van der Waals surface area contributed by atoms with Gasteiger partial charge in [-0.3, -0.25) is 0 Å². The zero-order chi connectivity index (χ0) is 10.4. The maximum atomic E-state index is 11.2. The number of esters is 1. The Balaban J connectivity index is 2.60. The summed E-state index contributed by atoms with van der Waals surface area (Å²) in [5.74, 6) is 0.277. The van der Waals surface area contributed by atoms with Crippen LogP contribution >= 0.6 is 0 Å². The number of carbonyl (C=O) groups is 1. The van der Waals surface area contributed by atoms with E-state index in [1.807, 2.05) is 0 Å². The summed E-state index contributed by atoms with van der Waals surface area (Å²) in [4.78, 5) is 18.1. The van der Waals surface area contributed by atoms with Gasteiger partial charge in [0.2, 0.25) is 0 Å². The Morgan fingerprint density at radius 1 is 1.79 bits per heavy atom. The van der Waals surface area contributed by atoms with Gasteiger partial charge in [-0.15, -0.1) is 0 Å². The number of aromatic nitrogens is 2. The predicted molar refractivity (Wildman–Crippen MR) is 53.4 cm³/mol. The first kappa shape index (κ1) is 10.2. The molecule has 1 N–H and O–H groups in total. The molecule has 74 valence electrons. The Kier molecular flexibility index (Phi) is 3.67. The van der Waals surface area contributed by atoms with Crippen LogP contribution in [0.3, 0.4) is 0 Å². The van der Waals surface area contributed by atoms with E-state index in [0.717, 1.165) is 0 Å². The molecule has 0 amide bonds. The third kappa shape index (κ3) is 2.90. The van der Waals surface area contributed by atoms with Gasteiger partial charge >= 0.3 is 5.97 Å². The Hall–Kier alpha value is -1.84. The first-order valence-electron chi connectivity index (χ1n) is 4.19. The molecule has 1 heterocycles. The average molecular weight is 192 g/mol. The summed E-state index contributed by atoms with van der Waals surface area (Å²) < 4.78 is 4.83. The highest BCUT2D eigenvalue weighted by molar-refractivity contribution is 5.92. The zero-order valence-corrected chi connectivity index (χ0v) is 7.99. The van der Waals surface area contributed by atoms with E-state index in [1.165, 1.54) is 6.08 Å². The number of imidazole rings is 1. The van der Waals surface area contributed by atoms with Crippen molar-refractivity contribution in [2.45, 2.75) is 6.92 Å². The van der Waals surface area contributed by atoms with Crippen LogP contribution in [0.25, 0.3) is 6.08 Å². The van der Waals surface area contributed by atoms with Gasteiger partial charge < -0.3 is 9.72 Å². The van der Waals surface area contributed by atoms with Gasteiger partial charge in [-0.1, -0.05) is 12.7 Å². The number of aromatic amines is 1. The molecule has 0 aromatic carbocycles. The Morgan fingerprint density at radius 3 is 3.14 bits per heavy atom. The number of ether oxygens (including phenoxy) is 1. The molecule has 4 nitrogen and oxygen atoms in total. The predicted octanol–water partition coefficient (Wildman–Crippen LogP) is 1.54. The molecule has 0 aliphatic rings. The van der Waals surface area contributed by atoms with Crippen molar-refractivity contribution in [2.75, 3.05) is 6.61 Å². The highest BCUT2D eigenvalue weighted by Crippen LogP contribution is 2.02. The molecule has 0 radical (unpaired) electrons. The lowest BCUT2D eigenvalue weighted by Gasteiger charge is -2.00. The van der Waals surface area contributed by atoms with Crippen LogP contribution in [-0.4, -0.2) is 22.5 Å². The van der Waals surface area contributed by atoms with E-state index < -0.39 is 0 Å². The summed E-state index contributed by atoms with van der Waals surface area (Å²) in [6.45, 7) is 5.35. The lowest BCUT2D eigenvalue weighted by molar-refractivity contribution is -0.137. The van der Waals surface area contributed by atoms with E-state index in [9.17, 15) is 4.79 Å². The largest absolute Gasteiger partial charge is 0.458 e. The number of hydrogen-bond acceptors (Lipinski definition) is 3. The number of hydrogen-bond donors (Lipinski definition) is 1. The maximum Gasteiger partial charge on any atom is 0.334 e. The summed E-state index contributed by atoms with van der Waals surface area (Å²) in [6, 6.07) is 0. The highest BCUT2D eigenvalue weighted by Gasteiger charge is 2.04. The highest BCUT2D eigenvalue weighted by atomic mass is 16.5. The normalized spacial score (nSPS) is 11.1. The Morgan fingerprint density at radius 2 is 2.57 bits per heavy atom. The van der Waals surface area contributed by atoms with E-state index in [0.29, 0.717) is 11.4 Å². The van der Waals surface area contributed by atoms with Crippen LogP contribution in [0.4, 0.5) is 0 Å². The molecule has 1 aromatic rings. The summed E-state index contributed by atoms with van der Waals surface area (Å²) in [6.07, 6.45) is 6.46. The maximum absolute atomic E-state index is 11.2. The summed E-state index contributed by atoms with van der Waals surface area (Å²) in [5, 5.41) is 0. The van der Waals surface area contributed by atoms with Crippen molar-refractivity contribution < 1.29 is 9.53 Å². The fourth-order valence-corrected chi connectivity index (χ4v) is 0.869. The van der Waals surface area contributed by atoms with Gasteiger partial charge in [0, 0.05) is 18.0 Å². The second-order valence-corrected chi connectivity index (χ2v) is 2.69. The molecule has 0 atom stereocenters. The zero-order valence-electron chi connectivity index (χ0n) is 7.99. The van der Waals surface area contributed by atoms with Crippen molar-refractivity contribution in [3.8, 4) is 0 Å². The van der Waals surface area contributed by atoms with Crippen molar-refractivity contribution in [3.05, 3.63) is 36.4 Å². The number of rotatable bonds is 4. The first-order chi connectivity index (χ1) is 6.74. The summed E-state index contributed by atoms with van der Waals surface area (Å²) in [5.41, 5.74) is 0.502. The smallest absolute Gasteiger partial charge is 0.334 e. The molecule has 0 bridgehead atoms. The van der Waals surface area contributed by atoms with Crippen LogP contribution in [0.5, 0.6) is 0 Å². The molecule has 1 rings (SSSR count). The van der Waals surface area contributed by atoms with Gasteiger partial charge in [0.1, 0.15) is 12.4 Å². The molecule has 0 unspecified atom stereocenters. The van der Waals surface area contributed by atoms with E-state index in [4.69, 9.17) is 4.74 Å². The monoisotopic (exact) mass is 192 g/mol. The van der Waals surface area contributed by atoms with E-state index in [2.05, 4.69) is 16.5 Å². The number of H-pyrrole nitrogens is 1. The minimum Gasteiger partial charge on any atom is -0.458 e. The minimum absolute atomic E-state index is 0.224. The first-order valence-corrected chi connectivity index (χ1v) is 4.19. The molecule has 1 aromatic heterocycles. The van der Waals surface area contributed by atoms with Crippen LogP contribution in [0.15, 0.2) is 30.6 Å². The average Bonchev–Trinajstić information content (AvgIpc) is 2.66. The molecule has 4 heteroatoms. The molecular weight excluding hydrogens is 180 g/mol. The van der Waals surface area contributed by atoms with Gasteiger partial charge in [0.05, 0.1) is 0 Å². The van der Waals surface area contributed by atoms with Gasteiger partial charge in [0.25, 0.3) is 0 Å². The Bertz CT molecular complexity index is 339. The lowest BCUT2D eigenvalue weighted by atomic mass is 10.3. The standard InChI is InChI=1S/C10H12N2O2/c1-3-6-14-10(13)8(2)7-9-11-4-5-12-9/h3-5,7H,1,6H2,2H3,(H,11,12). The summed E-state index contributed by atoms with van der Waals surface area (Å²) in [7, 11) is 0. The van der Waals surface area contributed by atoms with Gasteiger partial charge in [-0.2, -0.15) is 0 Å². The van der Waals surface area contributed by atoms with E-state index in [-0.39, 0.29) is 12.6 Å². The quantitative estimate of drug-likeness (QED) is 0.447. The van der Waals surface area contributed by atoms with Gasteiger partial charge in [-0.25, -0.2) is 9.78 Å². The van der Waals surface area contributed by atoms with Crippen molar-refractivity contribution in [1.29, 1.82) is 0 Å². The summed E-state index contributed by atoms with van der Waals surface area (Å²) >= 11 is 0. The molecular formula is C10H12N2O2. The van der Waals surface area contributed by atoms with Crippen LogP contribution in [0.1, 0.15) is 12.7 Å². The van der Waals surface area contributed by atoms with Crippen LogP contribution in [0.2, 0.25) is 0 Å². The second kappa shape index (κ2) is 5.01. The molecule has 0 saturated carbocycles. The van der Waals surface area contributed by atoms with Crippen LogP contribution in [0, 0.1) is 0 Å². The van der Waals surface area contributed by atoms with Crippen LogP contribution < -0.4 is 0 Å². The number of nitrogens with zero attached hydrogens (tertiary/aromatic N) is 1. The van der Waals surface area contributed by atoms with Crippen molar-refractivity contribution >= 4 is 12.0 Å². The topological polar surface area (TPSA) is 55.0 Å². The Labute approximate surface area is 82.3 Å². The third-order valence-electron chi connectivity index (χ3n) is 1.53. The molecule has 0 aliphatic carbocycles. The van der Waals surface area contributed by atoms with Crippen molar-refractivity contribution in [1.82, 2.24) is 9.97 Å². The van der Waals surface area contributed by atoms with Crippen LogP contribution in [-0.2, 0) is 9.53 Å². The van der Waals surface area contributed by atoms with Gasteiger partial charge in [0.15, 0.2) is 0 Å². The molecule has 0 spiro atoms. The molecule has 0 aliphatic heterocycles. The second-order valence-electron chi connectivity index (χ2n) is 2.69. The number of nitrogens with one attached hydrogen (secondary N) is 1. The van der Waals surface area contributed by atoms with Gasteiger partial charge in [-0.05, 0) is 13.0 Å². The lowest BCUT2D eigenvalue weighted by Crippen LogP contribution is -2.05. The molecule has 0 saturated heterocycles. The minimum atomic E-state index is -0.360.